The van der Waals surface area contributed by atoms with E-state index in [1.807, 2.05) is 0 Å². The molecule has 1 saturated carbocycles. The zero-order valence-electron chi connectivity index (χ0n) is 5.93. The van der Waals surface area contributed by atoms with Crippen LogP contribution in [0.2, 0.25) is 0 Å². The van der Waals surface area contributed by atoms with Gasteiger partial charge in [0.15, 0.2) is 0 Å². The molecule has 1 fully saturated rings. The monoisotopic (exact) mass is 174 g/mol. The highest BCUT2D eigenvalue weighted by Crippen LogP contribution is 2.18. The molecule has 3 heteroatoms. The molecule has 1 N–H and O–H groups in total. The minimum atomic E-state index is 0.641. The number of hydrogen-bond donors (Lipinski definition) is 1. The van der Waals surface area contributed by atoms with Crippen LogP contribution in [0.15, 0.2) is 0 Å². The molecule has 0 bridgehead atoms. The van der Waals surface area contributed by atoms with Gasteiger partial charge < -0.3 is 5.32 Å². The summed E-state index contributed by atoms with van der Waals surface area (Å²) < 4.78 is 0.840. The van der Waals surface area contributed by atoms with Crippen LogP contribution < -0.4 is 5.32 Å². The van der Waals surface area contributed by atoms with Gasteiger partial charge in [-0.05, 0) is 12.8 Å². The highest BCUT2D eigenvalue weighted by Gasteiger charge is 2.14. The van der Waals surface area contributed by atoms with Crippen LogP contribution in [-0.2, 0) is 0 Å². The van der Waals surface area contributed by atoms with Gasteiger partial charge in [0.1, 0.15) is 4.32 Å². The zero-order chi connectivity index (χ0) is 7.40. The Hall–Kier alpha value is 0.240. The molecule has 0 atom stereocenters. The zero-order valence-corrected chi connectivity index (χ0v) is 7.56. The van der Waals surface area contributed by atoms with Crippen LogP contribution >= 0.6 is 24.0 Å². The summed E-state index contributed by atoms with van der Waals surface area (Å²) in [5.41, 5.74) is 0. The molecule has 0 aromatic carbocycles. The first-order valence-corrected chi connectivity index (χ1v) is 4.95. The highest BCUT2D eigenvalue weighted by molar-refractivity contribution is 8.23. The Balaban J connectivity index is 2.17. The lowest BCUT2D eigenvalue weighted by molar-refractivity contribution is 0.639. The summed E-state index contributed by atoms with van der Waals surface area (Å²) in [4.78, 5) is 0. The van der Waals surface area contributed by atoms with Crippen LogP contribution in [-0.4, -0.2) is 10.4 Å². The normalized spacial score (nSPS) is 19.3. The van der Waals surface area contributed by atoms with Crippen LogP contribution in [0.25, 0.3) is 0 Å². The smallest absolute Gasteiger partial charge is 0.134 e. The van der Waals surface area contributed by atoms with Crippen molar-refractivity contribution >= 4 is 28.3 Å². The second kappa shape index (κ2) is 4.19. The van der Waals surface area contributed by atoms with Crippen LogP contribution in [0.3, 0.4) is 0 Å². The van der Waals surface area contributed by atoms with Crippen molar-refractivity contribution in [2.45, 2.75) is 31.7 Å². The lowest BCUT2D eigenvalue weighted by atomic mass is 10.3. The molecule has 1 rings (SSSR count). The number of thiocarbonyl (C=S) groups is 1. The standard InChI is InChI=1S/C7H12NS2/c1-10-7(9)8-6-4-2-3-5-6/h6H,1-5H2,(H,8,9). The van der Waals surface area contributed by atoms with Crippen LogP contribution in [0, 0.1) is 6.26 Å². The van der Waals surface area contributed by atoms with Gasteiger partial charge in [0.2, 0.25) is 0 Å². The first kappa shape index (κ1) is 8.34. The van der Waals surface area contributed by atoms with E-state index in [0.717, 1.165) is 4.32 Å². The third kappa shape index (κ3) is 2.46. The van der Waals surface area contributed by atoms with Crippen molar-refractivity contribution in [2.75, 3.05) is 0 Å². The first-order valence-electron chi connectivity index (χ1n) is 3.55. The van der Waals surface area contributed by atoms with E-state index >= 15 is 0 Å². The SMILES string of the molecule is [CH2]SC(=S)NC1CCCC1. The summed E-state index contributed by atoms with van der Waals surface area (Å²) >= 11 is 6.36. The molecule has 0 heterocycles. The third-order valence-electron chi connectivity index (χ3n) is 1.81. The van der Waals surface area contributed by atoms with E-state index in [9.17, 15) is 0 Å². The van der Waals surface area contributed by atoms with E-state index in [1.165, 1.54) is 37.4 Å². The van der Waals surface area contributed by atoms with Gasteiger partial charge in [-0.2, -0.15) is 0 Å². The molecule has 57 valence electrons. The lowest BCUT2D eigenvalue weighted by Crippen LogP contribution is -2.28. The maximum Gasteiger partial charge on any atom is 0.134 e. The number of hydrogen-bond acceptors (Lipinski definition) is 2. The molecule has 0 amide bonds. The number of thioether (sulfide) groups is 1. The second-order valence-electron chi connectivity index (χ2n) is 2.56. The van der Waals surface area contributed by atoms with E-state index in [4.69, 9.17) is 12.2 Å². The summed E-state index contributed by atoms with van der Waals surface area (Å²) in [7, 11) is 0. The molecular weight excluding hydrogens is 162 g/mol. The summed E-state index contributed by atoms with van der Waals surface area (Å²) in [6.07, 6.45) is 8.90. The van der Waals surface area contributed by atoms with E-state index in [-0.39, 0.29) is 0 Å². The molecule has 0 aromatic heterocycles. The Morgan fingerprint density at radius 1 is 1.50 bits per heavy atom. The molecular formula is C7H12NS2. The Bertz CT molecular complexity index is 119. The molecule has 1 nitrogen and oxygen atoms in total. The van der Waals surface area contributed by atoms with Gasteiger partial charge >= 0.3 is 0 Å². The van der Waals surface area contributed by atoms with Crippen molar-refractivity contribution in [3.8, 4) is 0 Å². The topological polar surface area (TPSA) is 12.0 Å². The van der Waals surface area contributed by atoms with Gasteiger partial charge in [-0.1, -0.05) is 36.8 Å². The van der Waals surface area contributed by atoms with E-state index in [0.29, 0.717) is 6.04 Å². The molecule has 0 spiro atoms. The molecule has 1 radical (unpaired) electrons. The van der Waals surface area contributed by atoms with E-state index in [1.54, 1.807) is 0 Å². The van der Waals surface area contributed by atoms with Gasteiger partial charge in [0, 0.05) is 12.3 Å². The van der Waals surface area contributed by atoms with Gasteiger partial charge in [0.25, 0.3) is 0 Å². The Kier molecular flexibility index (Phi) is 3.49. The Labute approximate surface area is 72.0 Å². The van der Waals surface area contributed by atoms with Crippen molar-refractivity contribution in [2.24, 2.45) is 0 Å². The fraction of sp³-hybridized carbons (Fsp3) is 0.714. The average molecular weight is 174 g/mol. The van der Waals surface area contributed by atoms with Crippen molar-refractivity contribution in [1.82, 2.24) is 5.32 Å². The van der Waals surface area contributed by atoms with Crippen molar-refractivity contribution in [3.05, 3.63) is 6.26 Å². The van der Waals surface area contributed by atoms with Crippen molar-refractivity contribution in [1.29, 1.82) is 0 Å². The predicted molar refractivity (Wildman–Crippen MR) is 50.9 cm³/mol. The Morgan fingerprint density at radius 2 is 2.10 bits per heavy atom. The number of rotatable bonds is 1. The van der Waals surface area contributed by atoms with Gasteiger partial charge in [-0.15, -0.1) is 0 Å². The summed E-state index contributed by atoms with van der Waals surface area (Å²) in [6.45, 7) is 0. The van der Waals surface area contributed by atoms with Crippen LogP contribution in [0.1, 0.15) is 25.7 Å². The quantitative estimate of drug-likeness (QED) is 0.613. The fourth-order valence-corrected chi connectivity index (χ4v) is 1.70. The fourth-order valence-electron chi connectivity index (χ4n) is 1.28. The maximum atomic E-state index is 4.98. The highest BCUT2D eigenvalue weighted by atomic mass is 32.2. The molecule has 0 aliphatic heterocycles. The summed E-state index contributed by atoms with van der Waals surface area (Å²) in [6, 6.07) is 0.641. The minimum absolute atomic E-state index is 0.641. The molecule has 1 aliphatic rings. The van der Waals surface area contributed by atoms with E-state index in [2.05, 4.69) is 11.6 Å². The molecule has 10 heavy (non-hydrogen) atoms. The minimum Gasteiger partial charge on any atom is -0.368 e. The molecule has 0 unspecified atom stereocenters. The predicted octanol–water partition coefficient (Wildman–Crippen LogP) is 2.33. The van der Waals surface area contributed by atoms with Crippen molar-refractivity contribution < 1.29 is 0 Å². The molecule has 0 aromatic rings. The van der Waals surface area contributed by atoms with E-state index < -0.39 is 0 Å². The van der Waals surface area contributed by atoms with Gasteiger partial charge in [-0.25, -0.2) is 0 Å². The summed E-state index contributed by atoms with van der Waals surface area (Å²) in [5.74, 6) is 0. The third-order valence-corrected chi connectivity index (χ3v) is 2.66. The molecule has 1 aliphatic carbocycles. The summed E-state index contributed by atoms with van der Waals surface area (Å²) in [5, 5.41) is 3.26. The molecule has 0 saturated heterocycles. The first-order chi connectivity index (χ1) is 4.83. The second-order valence-corrected chi connectivity index (χ2v) is 3.92. The maximum absolute atomic E-state index is 4.98. The van der Waals surface area contributed by atoms with Crippen LogP contribution in [0.5, 0.6) is 0 Å². The van der Waals surface area contributed by atoms with Crippen LogP contribution in [0.4, 0.5) is 0 Å². The number of nitrogens with one attached hydrogen (secondary N) is 1. The Morgan fingerprint density at radius 3 is 2.60 bits per heavy atom. The lowest BCUT2D eigenvalue weighted by Gasteiger charge is -2.11. The largest absolute Gasteiger partial charge is 0.368 e. The van der Waals surface area contributed by atoms with Gasteiger partial charge in [0.05, 0.1) is 0 Å². The average Bonchev–Trinajstić information content (AvgIpc) is 2.40. The van der Waals surface area contributed by atoms with Crippen molar-refractivity contribution in [3.63, 3.8) is 0 Å². The van der Waals surface area contributed by atoms with Gasteiger partial charge in [-0.3, -0.25) is 0 Å².